The fourth-order valence-corrected chi connectivity index (χ4v) is 3.38. The van der Waals surface area contributed by atoms with E-state index in [4.69, 9.17) is 11.6 Å². The van der Waals surface area contributed by atoms with Gasteiger partial charge in [-0.3, -0.25) is 4.72 Å². The van der Waals surface area contributed by atoms with Gasteiger partial charge in [0.15, 0.2) is 0 Å². The Bertz CT molecular complexity index is 847. The molecule has 0 heterocycles. The summed E-state index contributed by atoms with van der Waals surface area (Å²) in [6.45, 7) is 3.07. The van der Waals surface area contributed by atoms with Gasteiger partial charge in [-0.05, 0) is 41.3 Å². The smallest absolute Gasteiger partial charge is 0.387 e. The number of halogens is 3. The Kier molecular flexibility index (Phi) is 5.58. The summed E-state index contributed by atoms with van der Waals surface area (Å²) in [5, 5.41) is -0.122. The van der Waals surface area contributed by atoms with Crippen LogP contribution in [0.4, 0.5) is 14.5 Å². The Balaban J connectivity index is 2.22. The Morgan fingerprint density at radius 3 is 2.16 bits per heavy atom. The van der Waals surface area contributed by atoms with E-state index >= 15 is 0 Å². The third-order valence-corrected chi connectivity index (χ3v) is 5.12. The van der Waals surface area contributed by atoms with Gasteiger partial charge in [0.25, 0.3) is 10.0 Å². The summed E-state index contributed by atoms with van der Waals surface area (Å²) < 4.78 is 55.9. The van der Waals surface area contributed by atoms with Crippen molar-refractivity contribution in [3.63, 3.8) is 0 Å². The van der Waals surface area contributed by atoms with Crippen molar-refractivity contribution in [3.05, 3.63) is 53.1 Å². The maximum atomic E-state index is 12.4. The maximum absolute atomic E-state index is 12.4. The van der Waals surface area contributed by atoms with Crippen molar-refractivity contribution in [3.8, 4) is 5.75 Å². The van der Waals surface area contributed by atoms with E-state index in [2.05, 4.69) is 9.46 Å². The topological polar surface area (TPSA) is 55.4 Å². The van der Waals surface area contributed by atoms with Gasteiger partial charge in [0, 0.05) is 0 Å². The number of alkyl halides is 2. The Labute approximate surface area is 150 Å². The molecule has 0 saturated carbocycles. The van der Waals surface area contributed by atoms with Gasteiger partial charge >= 0.3 is 6.61 Å². The fraction of sp³-hybridized carbons (Fsp3) is 0.294. The molecule has 0 aliphatic heterocycles. The van der Waals surface area contributed by atoms with Crippen LogP contribution in [-0.2, 0) is 15.4 Å². The van der Waals surface area contributed by atoms with E-state index in [1.54, 1.807) is 12.1 Å². The Morgan fingerprint density at radius 1 is 1.08 bits per heavy atom. The lowest BCUT2D eigenvalue weighted by Gasteiger charge is -2.19. The van der Waals surface area contributed by atoms with E-state index in [0.717, 1.165) is 5.56 Å². The summed E-state index contributed by atoms with van der Waals surface area (Å²) in [5.74, 6) is -0.228. The molecule has 0 radical (unpaired) electrons. The van der Waals surface area contributed by atoms with Gasteiger partial charge in [0.05, 0.1) is 15.6 Å². The highest BCUT2D eigenvalue weighted by molar-refractivity contribution is 7.92. The van der Waals surface area contributed by atoms with Crippen molar-refractivity contribution < 1.29 is 21.9 Å². The van der Waals surface area contributed by atoms with Crippen molar-refractivity contribution in [2.45, 2.75) is 37.7 Å². The van der Waals surface area contributed by atoms with Gasteiger partial charge in [-0.25, -0.2) is 8.42 Å². The van der Waals surface area contributed by atoms with Crippen molar-refractivity contribution in [1.82, 2.24) is 0 Å². The summed E-state index contributed by atoms with van der Waals surface area (Å²) in [6.07, 6.45) is 0. The minimum atomic E-state index is -3.83. The first kappa shape index (κ1) is 19.5. The molecule has 8 heteroatoms. The highest BCUT2D eigenvalue weighted by Crippen LogP contribution is 2.30. The molecule has 0 amide bonds. The molecule has 0 aliphatic rings. The first-order chi connectivity index (χ1) is 11.5. The molecule has 4 nitrogen and oxygen atoms in total. The van der Waals surface area contributed by atoms with Gasteiger partial charge in [0.2, 0.25) is 0 Å². The Morgan fingerprint density at radius 2 is 1.68 bits per heavy atom. The molecule has 0 saturated heterocycles. The van der Waals surface area contributed by atoms with Gasteiger partial charge < -0.3 is 4.74 Å². The van der Waals surface area contributed by atoms with Gasteiger partial charge in [0.1, 0.15) is 5.75 Å². The maximum Gasteiger partial charge on any atom is 0.387 e. The second kappa shape index (κ2) is 7.17. The first-order valence-corrected chi connectivity index (χ1v) is 9.23. The Hall–Kier alpha value is -1.86. The largest absolute Gasteiger partial charge is 0.433 e. The average Bonchev–Trinajstić information content (AvgIpc) is 2.48. The molecule has 0 atom stereocenters. The van der Waals surface area contributed by atoms with Gasteiger partial charge in [-0.2, -0.15) is 8.78 Å². The van der Waals surface area contributed by atoms with E-state index in [9.17, 15) is 17.2 Å². The lowest BCUT2D eigenvalue weighted by Crippen LogP contribution is -2.15. The fourth-order valence-electron chi connectivity index (χ4n) is 2.10. The zero-order valence-corrected chi connectivity index (χ0v) is 15.5. The minimum absolute atomic E-state index is 0.0875. The normalized spacial score (nSPS) is 12.3. The average molecular weight is 390 g/mol. The molecular formula is C17H18ClF2NO3S. The van der Waals surface area contributed by atoms with Crippen LogP contribution in [0.3, 0.4) is 0 Å². The highest BCUT2D eigenvalue weighted by atomic mass is 35.5. The molecule has 1 N–H and O–H groups in total. The summed E-state index contributed by atoms with van der Waals surface area (Å²) in [5.41, 5.74) is 1.05. The number of hydrogen-bond donors (Lipinski definition) is 1. The molecule has 2 rings (SSSR count). The summed E-state index contributed by atoms with van der Waals surface area (Å²) >= 11 is 5.83. The van der Waals surface area contributed by atoms with Crippen molar-refractivity contribution >= 4 is 27.3 Å². The van der Waals surface area contributed by atoms with Crippen LogP contribution in [-0.4, -0.2) is 15.0 Å². The predicted octanol–water partition coefficient (Wildman–Crippen LogP) is 5.04. The SMILES string of the molecule is CC(C)(C)c1ccc(S(=O)(=O)Nc2ccc(OC(F)F)c(Cl)c2)cc1. The number of nitrogens with one attached hydrogen (secondary N) is 1. The summed E-state index contributed by atoms with van der Waals surface area (Å²) in [7, 11) is -3.83. The van der Waals surface area contributed by atoms with Gasteiger partial charge in [-0.15, -0.1) is 0 Å². The highest BCUT2D eigenvalue weighted by Gasteiger charge is 2.18. The van der Waals surface area contributed by atoms with Crippen LogP contribution >= 0.6 is 11.6 Å². The minimum Gasteiger partial charge on any atom is -0.433 e. The van der Waals surface area contributed by atoms with Crippen LogP contribution < -0.4 is 9.46 Å². The van der Waals surface area contributed by atoms with Gasteiger partial charge in [-0.1, -0.05) is 44.5 Å². The monoisotopic (exact) mass is 389 g/mol. The molecule has 0 unspecified atom stereocenters. The van der Waals surface area contributed by atoms with Crippen molar-refractivity contribution in [1.29, 1.82) is 0 Å². The zero-order chi connectivity index (χ0) is 18.8. The van der Waals surface area contributed by atoms with Crippen molar-refractivity contribution in [2.75, 3.05) is 4.72 Å². The molecule has 2 aromatic rings. The van der Waals surface area contributed by atoms with Crippen LogP contribution in [0.25, 0.3) is 0 Å². The van der Waals surface area contributed by atoms with Crippen LogP contribution in [0, 0.1) is 0 Å². The third kappa shape index (κ3) is 5.06. The molecule has 25 heavy (non-hydrogen) atoms. The molecule has 0 bridgehead atoms. The van der Waals surface area contributed by atoms with E-state index in [-0.39, 0.29) is 26.8 Å². The molecule has 0 spiro atoms. The number of rotatable bonds is 5. The van der Waals surface area contributed by atoms with E-state index in [1.165, 1.54) is 30.3 Å². The second-order valence-electron chi connectivity index (χ2n) is 6.40. The predicted molar refractivity (Wildman–Crippen MR) is 94.0 cm³/mol. The molecule has 0 fully saturated rings. The lowest BCUT2D eigenvalue weighted by atomic mass is 9.87. The molecule has 0 aromatic heterocycles. The van der Waals surface area contributed by atoms with Crippen LogP contribution in [0.5, 0.6) is 5.75 Å². The number of ether oxygens (including phenoxy) is 1. The van der Waals surface area contributed by atoms with Crippen LogP contribution in [0.2, 0.25) is 5.02 Å². The quantitative estimate of drug-likeness (QED) is 0.779. The van der Waals surface area contributed by atoms with E-state index in [1.807, 2.05) is 20.8 Å². The molecule has 136 valence electrons. The van der Waals surface area contributed by atoms with E-state index in [0.29, 0.717) is 0 Å². The molecule has 0 aliphatic carbocycles. The second-order valence-corrected chi connectivity index (χ2v) is 8.49. The summed E-state index contributed by atoms with van der Waals surface area (Å²) in [4.78, 5) is 0.0875. The standard InChI is InChI=1S/C17H18ClF2NO3S/c1-17(2,3)11-4-7-13(8-5-11)25(22,23)21-12-6-9-15(14(18)10-12)24-16(19)20/h4-10,16,21H,1-3H3. The third-order valence-electron chi connectivity index (χ3n) is 3.43. The number of hydrogen-bond acceptors (Lipinski definition) is 3. The number of anilines is 1. The number of sulfonamides is 1. The zero-order valence-electron chi connectivity index (χ0n) is 13.9. The molecular weight excluding hydrogens is 372 g/mol. The lowest BCUT2D eigenvalue weighted by molar-refractivity contribution is -0.0497. The first-order valence-electron chi connectivity index (χ1n) is 7.37. The number of benzene rings is 2. The summed E-state index contributed by atoms with van der Waals surface area (Å²) in [6, 6.07) is 10.2. The van der Waals surface area contributed by atoms with Crippen LogP contribution in [0.15, 0.2) is 47.4 Å². The molecule has 2 aromatic carbocycles. The van der Waals surface area contributed by atoms with Crippen molar-refractivity contribution in [2.24, 2.45) is 0 Å². The van der Waals surface area contributed by atoms with E-state index < -0.39 is 16.6 Å². The van der Waals surface area contributed by atoms with Crippen LogP contribution in [0.1, 0.15) is 26.3 Å².